The molecule has 0 heterocycles. The van der Waals surface area contributed by atoms with Gasteiger partial charge in [-0.15, -0.1) is 0 Å². The van der Waals surface area contributed by atoms with E-state index in [0.29, 0.717) is 0 Å². The fraction of sp³-hybridized carbons (Fsp3) is 0. The summed E-state index contributed by atoms with van der Waals surface area (Å²) in [6.45, 7) is 0. The van der Waals surface area contributed by atoms with Gasteiger partial charge in [0.15, 0.2) is 0 Å². The number of carbonyl (C=O) groups is 1. The van der Waals surface area contributed by atoms with Gasteiger partial charge in [0.2, 0.25) is 0 Å². The maximum atomic E-state index is 11.7. The molecule has 0 atom stereocenters. The van der Waals surface area contributed by atoms with Gasteiger partial charge in [0.1, 0.15) is 5.75 Å². The molecule has 0 aliphatic rings. The van der Waals surface area contributed by atoms with Crippen LogP contribution < -0.4 is 10.6 Å². The van der Waals surface area contributed by atoms with Crippen LogP contribution in [0.3, 0.4) is 0 Å². The number of phenols is 1. The van der Waals surface area contributed by atoms with E-state index < -0.39 is 6.03 Å². The fourth-order valence-corrected chi connectivity index (χ4v) is 2.19. The highest BCUT2D eigenvalue weighted by molar-refractivity contribution is 6.44. The molecule has 0 fully saturated rings. The number of anilines is 2. The summed E-state index contributed by atoms with van der Waals surface area (Å²) in [5.74, 6) is -0.274. The number of nitrogens with zero attached hydrogens (tertiary/aromatic N) is 2. The monoisotopic (exact) mass is 321 g/mol. The van der Waals surface area contributed by atoms with Crippen LogP contribution in [0.4, 0.5) is 16.2 Å². The minimum absolute atomic E-state index is 0.102. The molecule has 5 nitrogen and oxygen atoms in total. The highest BCUT2D eigenvalue weighted by atomic mass is 35.5. The van der Waals surface area contributed by atoms with Crippen molar-refractivity contribution in [3.05, 3.63) is 52.0 Å². The Balaban J connectivity index is 2.63. The molecule has 0 aliphatic carbocycles. The maximum absolute atomic E-state index is 11.7. The number of carbonyl (C=O) groups excluding carboxylic acids is 1. The zero-order valence-electron chi connectivity index (χ0n) is 10.5. The Morgan fingerprint density at radius 2 is 1.95 bits per heavy atom. The first kappa shape index (κ1) is 15.0. The minimum Gasteiger partial charge on any atom is -0.506 e. The van der Waals surface area contributed by atoms with Crippen LogP contribution >= 0.6 is 23.2 Å². The lowest BCUT2D eigenvalue weighted by molar-refractivity contribution is 0.256. The van der Waals surface area contributed by atoms with E-state index in [1.54, 1.807) is 12.1 Å². The Kier molecular flexibility index (Phi) is 4.22. The van der Waals surface area contributed by atoms with E-state index in [4.69, 9.17) is 34.2 Å². The minimum atomic E-state index is -0.848. The molecule has 2 aromatic carbocycles. The van der Waals surface area contributed by atoms with Crippen LogP contribution in [0.25, 0.3) is 0 Å². The van der Waals surface area contributed by atoms with Gasteiger partial charge in [0, 0.05) is 0 Å². The van der Waals surface area contributed by atoms with E-state index in [1.807, 2.05) is 6.07 Å². The van der Waals surface area contributed by atoms with Crippen molar-refractivity contribution in [1.29, 1.82) is 5.26 Å². The zero-order valence-corrected chi connectivity index (χ0v) is 12.1. The van der Waals surface area contributed by atoms with Gasteiger partial charge in [-0.1, -0.05) is 29.3 Å². The quantitative estimate of drug-likeness (QED) is 0.881. The third-order valence-electron chi connectivity index (χ3n) is 2.74. The smallest absolute Gasteiger partial charge is 0.324 e. The Morgan fingerprint density at radius 1 is 1.24 bits per heavy atom. The van der Waals surface area contributed by atoms with Crippen LogP contribution in [-0.2, 0) is 0 Å². The normalized spacial score (nSPS) is 9.95. The Labute approximate surface area is 130 Å². The second-order valence-electron chi connectivity index (χ2n) is 4.06. The number of hydrogen-bond acceptors (Lipinski definition) is 3. The molecule has 2 amide bonds. The second-order valence-corrected chi connectivity index (χ2v) is 4.85. The molecule has 0 aromatic heterocycles. The average molecular weight is 322 g/mol. The number of primary amides is 1. The fourth-order valence-electron chi connectivity index (χ4n) is 1.81. The number of benzene rings is 2. The van der Waals surface area contributed by atoms with E-state index in [0.717, 1.165) is 4.90 Å². The van der Waals surface area contributed by atoms with E-state index in [2.05, 4.69) is 0 Å². The van der Waals surface area contributed by atoms with Crippen molar-refractivity contribution in [2.45, 2.75) is 0 Å². The molecule has 2 rings (SSSR count). The van der Waals surface area contributed by atoms with E-state index in [-0.39, 0.29) is 32.7 Å². The molecule has 0 radical (unpaired) electrons. The zero-order chi connectivity index (χ0) is 15.6. The van der Waals surface area contributed by atoms with Crippen LogP contribution in [0, 0.1) is 11.3 Å². The molecule has 0 spiro atoms. The number of nitrogens with two attached hydrogens (primary N) is 1. The lowest BCUT2D eigenvalue weighted by atomic mass is 10.1. The SMILES string of the molecule is N#Cc1ccc(N(C(N)=O)c2cccc(Cl)c2Cl)c(O)c1. The van der Waals surface area contributed by atoms with Gasteiger partial charge in [0.25, 0.3) is 0 Å². The summed E-state index contributed by atoms with van der Waals surface area (Å²) in [6, 6.07) is 9.80. The van der Waals surface area contributed by atoms with Gasteiger partial charge < -0.3 is 10.8 Å². The summed E-state index contributed by atoms with van der Waals surface area (Å²) in [4.78, 5) is 12.8. The Morgan fingerprint density at radius 3 is 2.52 bits per heavy atom. The number of rotatable bonds is 2. The molecule has 0 unspecified atom stereocenters. The van der Waals surface area contributed by atoms with Crippen molar-refractivity contribution >= 4 is 40.6 Å². The van der Waals surface area contributed by atoms with Crippen LogP contribution in [-0.4, -0.2) is 11.1 Å². The molecule has 106 valence electrons. The number of halogens is 2. The molecule has 3 N–H and O–H groups in total. The Bertz CT molecular complexity index is 756. The molecule has 7 heteroatoms. The maximum Gasteiger partial charge on any atom is 0.324 e. The third-order valence-corrected chi connectivity index (χ3v) is 3.55. The van der Waals surface area contributed by atoms with Gasteiger partial charge in [-0.3, -0.25) is 4.90 Å². The first-order valence-electron chi connectivity index (χ1n) is 5.72. The van der Waals surface area contributed by atoms with Crippen molar-refractivity contribution in [2.24, 2.45) is 5.73 Å². The van der Waals surface area contributed by atoms with Gasteiger partial charge in [-0.2, -0.15) is 5.26 Å². The highest BCUT2D eigenvalue weighted by Crippen LogP contribution is 2.39. The molecule has 0 aliphatic heterocycles. The molecule has 0 saturated heterocycles. The summed E-state index contributed by atoms with van der Waals surface area (Å²) >= 11 is 12.0. The highest BCUT2D eigenvalue weighted by Gasteiger charge is 2.22. The van der Waals surface area contributed by atoms with Gasteiger partial charge in [-0.25, -0.2) is 4.79 Å². The third kappa shape index (κ3) is 2.87. The summed E-state index contributed by atoms with van der Waals surface area (Å²) in [5, 5.41) is 19.2. The van der Waals surface area contributed by atoms with E-state index in [9.17, 15) is 9.90 Å². The standard InChI is InChI=1S/C14H9Cl2N3O2/c15-9-2-1-3-11(13(9)16)19(14(18)21)10-5-4-8(7-17)6-12(10)20/h1-6,20H,(H2,18,21). The lowest BCUT2D eigenvalue weighted by Crippen LogP contribution is -2.31. The number of phenolic OH excluding ortho intramolecular Hbond substituents is 1. The number of hydrogen-bond donors (Lipinski definition) is 2. The predicted molar refractivity (Wildman–Crippen MR) is 81.0 cm³/mol. The first-order chi connectivity index (χ1) is 9.95. The summed E-state index contributed by atoms with van der Waals surface area (Å²) in [6.07, 6.45) is 0. The Hall–Kier alpha value is -2.42. The molecule has 0 bridgehead atoms. The van der Waals surface area contributed by atoms with Crippen molar-refractivity contribution in [3.8, 4) is 11.8 Å². The topological polar surface area (TPSA) is 90.4 Å². The number of aromatic hydroxyl groups is 1. The van der Waals surface area contributed by atoms with Gasteiger partial charge in [-0.05, 0) is 30.3 Å². The predicted octanol–water partition coefficient (Wildman–Crippen LogP) is 3.79. The molecule has 0 saturated carbocycles. The summed E-state index contributed by atoms with van der Waals surface area (Å²) in [5.41, 5.74) is 5.95. The molecular formula is C14H9Cl2N3O2. The lowest BCUT2D eigenvalue weighted by Gasteiger charge is -2.23. The first-order valence-corrected chi connectivity index (χ1v) is 6.48. The number of nitriles is 1. The second kappa shape index (κ2) is 5.92. The van der Waals surface area contributed by atoms with Crippen molar-refractivity contribution < 1.29 is 9.90 Å². The van der Waals surface area contributed by atoms with Crippen LogP contribution in [0.15, 0.2) is 36.4 Å². The summed E-state index contributed by atoms with van der Waals surface area (Å²) < 4.78 is 0. The number of urea groups is 1. The van der Waals surface area contributed by atoms with Crippen molar-refractivity contribution in [3.63, 3.8) is 0 Å². The average Bonchev–Trinajstić information content (AvgIpc) is 2.45. The summed E-state index contributed by atoms with van der Waals surface area (Å²) in [7, 11) is 0. The van der Waals surface area contributed by atoms with E-state index in [1.165, 1.54) is 24.3 Å². The van der Waals surface area contributed by atoms with Gasteiger partial charge >= 0.3 is 6.03 Å². The van der Waals surface area contributed by atoms with Crippen LogP contribution in [0.1, 0.15) is 5.56 Å². The largest absolute Gasteiger partial charge is 0.506 e. The van der Waals surface area contributed by atoms with Crippen molar-refractivity contribution in [2.75, 3.05) is 4.90 Å². The van der Waals surface area contributed by atoms with E-state index >= 15 is 0 Å². The molecular weight excluding hydrogens is 313 g/mol. The molecule has 2 aromatic rings. The van der Waals surface area contributed by atoms with Crippen molar-refractivity contribution in [1.82, 2.24) is 0 Å². The number of amides is 2. The molecule has 21 heavy (non-hydrogen) atoms. The van der Waals surface area contributed by atoms with Gasteiger partial charge in [0.05, 0.1) is 33.1 Å². The van der Waals surface area contributed by atoms with Crippen LogP contribution in [0.5, 0.6) is 5.75 Å². The van der Waals surface area contributed by atoms with Crippen LogP contribution in [0.2, 0.25) is 10.0 Å².